The second kappa shape index (κ2) is 3.66. The Labute approximate surface area is 96.2 Å². The highest BCUT2D eigenvalue weighted by atomic mass is 79.9. The molecule has 0 radical (unpaired) electrons. The van der Waals surface area contributed by atoms with Crippen molar-refractivity contribution < 1.29 is 0 Å². The van der Waals surface area contributed by atoms with Crippen molar-refractivity contribution in [1.29, 1.82) is 0 Å². The first-order chi connectivity index (χ1) is 7.09. The molecule has 0 saturated heterocycles. The van der Waals surface area contributed by atoms with Crippen molar-refractivity contribution in [3.05, 3.63) is 28.4 Å². The Balaban J connectivity index is 2.64. The number of halogens is 1. The molecule has 0 aliphatic rings. The van der Waals surface area contributed by atoms with Gasteiger partial charge in [0, 0.05) is 18.3 Å². The molecule has 0 saturated carbocycles. The summed E-state index contributed by atoms with van der Waals surface area (Å²) < 4.78 is 2.49. The summed E-state index contributed by atoms with van der Waals surface area (Å²) in [4.78, 5) is 0. The standard InChI is InChI=1S/C10H11BrN4/c1-6-5-7(12)3-4-8(6)9-10(11)13-14-15(9)2/h3-5H,12H2,1-2H3. The molecule has 2 aromatic rings. The van der Waals surface area contributed by atoms with E-state index in [0.29, 0.717) is 0 Å². The number of aromatic nitrogens is 3. The molecule has 78 valence electrons. The number of rotatable bonds is 1. The molecule has 15 heavy (non-hydrogen) atoms. The molecule has 0 aliphatic heterocycles. The third-order valence-electron chi connectivity index (χ3n) is 2.29. The van der Waals surface area contributed by atoms with E-state index in [4.69, 9.17) is 5.73 Å². The first-order valence-electron chi connectivity index (χ1n) is 4.51. The molecular formula is C10H11BrN4. The third-order valence-corrected chi connectivity index (χ3v) is 2.83. The Morgan fingerprint density at radius 2 is 2.13 bits per heavy atom. The van der Waals surface area contributed by atoms with Gasteiger partial charge in [0.15, 0.2) is 4.60 Å². The Hall–Kier alpha value is -1.36. The van der Waals surface area contributed by atoms with E-state index < -0.39 is 0 Å². The van der Waals surface area contributed by atoms with E-state index in [1.54, 1.807) is 4.68 Å². The lowest BCUT2D eigenvalue weighted by Crippen LogP contribution is -1.96. The zero-order valence-electron chi connectivity index (χ0n) is 8.53. The summed E-state index contributed by atoms with van der Waals surface area (Å²) in [5.41, 5.74) is 9.64. The van der Waals surface area contributed by atoms with E-state index in [1.807, 2.05) is 32.2 Å². The van der Waals surface area contributed by atoms with E-state index in [-0.39, 0.29) is 0 Å². The van der Waals surface area contributed by atoms with Gasteiger partial charge in [0.05, 0.1) is 0 Å². The van der Waals surface area contributed by atoms with Crippen molar-refractivity contribution >= 4 is 21.6 Å². The first kappa shape index (κ1) is 10.2. The molecule has 4 nitrogen and oxygen atoms in total. The fourth-order valence-electron chi connectivity index (χ4n) is 1.57. The summed E-state index contributed by atoms with van der Waals surface area (Å²) in [5.74, 6) is 0. The van der Waals surface area contributed by atoms with Gasteiger partial charge in [0.1, 0.15) is 5.69 Å². The van der Waals surface area contributed by atoms with Gasteiger partial charge in [0.2, 0.25) is 0 Å². The Kier molecular flexibility index (Phi) is 2.48. The molecule has 1 heterocycles. The van der Waals surface area contributed by atoms with Crippen molar-refractivity contribution in [2.24, 2.45) is 7.05 Å². The quantitative estimate of drug-likeness (QED) is 0.805. The molecule has 0 unspecified atom stereocenters. The minimum absolute atomic E-state index is 0.748. The van der Waals surface area contributed by atoms with Crippen molar-refractivity contribution in [1.82, 2.24) is 15.0 Å². The lowest BCUT2D eigenvalue weighted by atomic mass is 10.1. The highest BCUT2D eigenvalue weighted by Gasteiger charge is 2.12. The van der Waals surface area contributed by atoms with E-state index >= 15 is 0 Å². The van der Waals surface area contributed by atoms with Gasteiger partial charge in [-0.25, -0.2) is 4.68 Å². The number of nitrogens with two attached hydrogens (primary N) is 1. The molecule has 0 atom stereocenters. The fraction of sp³-hybridized carbons (Fsp3) is 0.200. The van der Waals surface area contributed by atoms with Gasteiger partial charge < -0.3 is 5.73 Å². The minimum atomic E-state index is 0.748. The normalized spacial score (nSPS) is 10.6. The van der Waals surface area contributed by atoms with Gasteiger partial charge in [-0.3, -0.25) is 0 Å². The largest absolute Gasteiger partial charge is 0.399 e. The van der Waals surface area contributed by atoms with Crippen LogP contribution in [0.15, 0.2) is 22.8 Å². The fourth-order valence-corrected chi connectivity index (χ4v) is 2.11. The van der Waals surface area contributed by atoms with Crippen molar-refractivity contribution in [2.75, 3.05) is 5.73 Å². The summed E-state index contributed by atoms with van der Waals surface area (Å²) in [7, 11) is 1.86. The van der Waals surface area contributed by atoms with Crippen LogP contribution in [0.4, 0.5) is 5.69 Å². The SMILES string of the molecule is Cc1cc(N)ccc1-c1c(Br)nnn1C. The zero-order valence-corrected chi connectivity index (χ0v) is 10.1. The van der Waals surface area contributed by atoms with Gasteiger partial charge in [-0.2, -0.15) is 0 Å². The molecule has 0 bridgehead atoms. The Morgan fingerprint density at radius 3 is 2.67 bits per heavy atom. The highest BCUT2D eigenvalue weighted by molar-refractivity contribution is 9.10. The van der Waals surface area contributed by atoms with Crippen LogP contribution < -0.4 is 5.73 Å². The number of aryl methyl sites for hydroxylation is 2. The summed E-state index contributed by atoms with van der Waals surface area (Å²) in [6.45, 7) is 2.02. The maximum Gasteiger partial charge on any atom is 0.156 e. The van der Waals surface area contributed by atoms with Gasteiger partial charge in [-0.15, -0.1) is 5.10 Å². The Bertz CT molecular complexity index is 485. The lowest BCUT2D eigenvalue weighted by Gasteiger charge is -2.06. The highest BCUT2D eigenvalue weighted by Crippen LogP contribution is 2.29. The lowest BCUT2D eigenvalue weighted by molar-refractivity contribution is 0.719. The molecule has 2 N–H and O–H groups in total. The zero-order chi connectivity index (χ0) is 11.0. The van der Waals surface area contributed by atoms with E-state index in [9.17, 15) is 0 Å². The van der Waals surface area contributed by atoms with Crippen LogP contribution in [0.5, 0.6) is 0 Å². The molecular weight excluding hydrogens is 256 g/mol. The number of benzene rings is 1. The number of anilines is 1. The predicted molar refractivity (Wildman–Crippen MR) is 63.3 cm³/mol. The summed E-state index contributed by atoms with van der Waals surface area (Å²) in [6, 6.07) is 5.80. The van der Waals surface area contributed by atoms with Crippen LogP contribution in [-0.2, 0) is 7.05 Å². The van der Waals surface area contributed by atoms with Crippen LogP contribution >= 0.6 is 15.9 Å². The third kappa shape index (κ3) is 1.74. The number of nitrogens with zero attached hydrogens (tertiary/aromatic N) is 3. The molecule has 1 aromatic heterocycles. The van der Waals surface area contributed by atoms with Crippen LogP contribution in [0.25, 0.3) is 11.3 Å². The van der Waals surface area contributed by atoms with Crippen LogP contribution in [-0.4, -0.2) is 15.0 Å². The van der Waals surface area contributed by atoms with Crippen LogP contribution in [0.3, 0.4) is 0 Å². The molecule has 1 aromatic carbocycles. The van der Waals surface area contributed by atoms with Crippen LogP contribution in [0.2, 0.25) is 0 Å². The minimum Gasteiger partial charge on any atom is -0.399 e. The second-order valence-corrected chi connectivity index (χ2v) is 4.18. The van der Waals surface area contributed by atoms with Crippen LogP contribution in [0, 0.1) is 6.92 Å². The maximum absolute atomic E-state index is 5.71. The second-order valence-electron chi connectivity index (χ2n) is 3.43. The Morgan fingerprint density at radius 1 is 1.40 bits per heavy atom. The molecule has 2 rings (SSSR count). The average molecular weight is 267 g/mol. The summed E-state index contributed by atoms with van der Waals surface area (Å²) >= 11 is 3.38. The van der Waals surface area contributed by atoms with Gasteiger partial charge in [-0.1, -0.05) is 11.3 Å². The summed E-state index contributed by atoms with van der Waals surface area (Å²) in [6.07, 6.45) is 0. The van der Waals surface area contributed by atoms with Gasteiger partial charge in [-0.05, 0) is 40.5 Å². The van der Waals surface area contributed by atoms with Gasteiger partial charge >= 0.3 is 0 Å². The maximum atomic E-state index is 5.71. The number of nitrogen functional groups attached to an aromatic ring is 1. The molecule has 5 heteroatoms. The van der Waals surface area contributed by atoms with Crippen molar-refractivity contribution in [3.8, 4) is 11.3 Å². The van der Waals surface area contributed by atoms with E-state index in [0.717, 1.165) is 27.1 Å². The monoisotopic (exact) mass is 266 g/mol. The summed E-state index contributed by atoms with van der Waals surface area (Å²) in [5, 5.41) is 7.90. The molecule has 0 spiro atoms. The van der Waals surface area contributed by atoms with E-state index in [1.165, 1.54) is 0 Å². The first-order valence-corrected chi connectivity index (χ1v) is 5.30. The smallest absolute Gasteiger partial charge is 0.156 e. The molecule has 0 fully saturated rings. The van der Waals surface area contributed by atoms with Gasteiger partial charge in [0.25, 0.3) is 0 Å². The number of hydrogen-bond acceptors (Lipinski definition) is 3. The topological polar surface area (TPSA) is 56.7 Å². The van der Waals surface area contributed by atoms with Crippen LogP contribution in [0.1, 0.15) is 5.56 Å². The molecule has 0 amide bonds. The van der Waals surface area contributed by atoms with Crippen molar-refractivity contribution in [2.45, 2.75) is 6.92 Å². The van der Waals surface area contributed by atoms with Crippen molar-refractivity contribution in [3.63, 3.8) is 0 Å². The predicted octanol–water partition coefficient (Wildman–Crippen LogP) is 2.14. The average Bonchev–Trinajstić information content (AvgIpc) is 2.48. The van der Waals surface area contributed by atoms with E-state index in [2.05, 4.69) is 26.2 Å². The molecule has 0 aliphatic carbocycles. The number of hydrogen-bond donors (Lipinski definition) is 1.